The van der Waals surface area contributed by atoms with Crippen LogP contribution in [0.15, 0.2) is 24.3 Å². The molecule has 2 aromatic carbocycles. The minimum absolute atomic E-state index is 0.0185. The first kappa shape index (κ1) is 14.6. The van der Waals surface area contributed by atoms with Gasteiger partial charge in [-0.2, -0.15) is 0 Å². The largest absolute Gasteiger partial charge is 0.508 e. The Morgan fingerprint density at radius 1 is 0.952 bits per heavy atom. The van der Waals surface area contributed by atoms with Gasteiger partial charge in [0, 0.05) is 23.6 Å². The number of benzene rings is 2. The number of nitrogens with two attached hydrogens (primary N) is 2. The van der Waals surface area contributed by atoms with Crippen LogP contribution in [0, 0.1) is 0 Å². The molecule has 0 aromatic heterocycles. The fraction of sp³-hybridized carbons (Fsp3) is 0.200. The zero-order chi connectivity index (χ0) is 15.6. The van der Waals surface area contributed by atoms with E-state index in [9.17, 15) is 10.2 Å². The molecule has 0 radical (unpaired) electrons. The van der Waals surface area contributed by atoms with Gasteiger partial charge in [-0.05, 0) is 18.2 Å². The lowest BCUT2D eigenvalue weighted by Gasteiger charge is -2.15. The van der Waals surface area contributed by atoms with E-state index in [1.165, 1.54) is 26.4 Å². The van der Waals surface area contributed by atoms with Gasteiger partial charge in [-0.3, -0.25) is 0 Å². The molecule has 0 spiro atoms. The van der Waals surface area contributed by atoms with Gasteiger partial charge in [-0.25, -0.2) is 0 Å². The maximum absolute atomic E-state index is 10.0. The molecule has 0 saturated heterocycles. The summed E-state index contributed by atoms with van der Waals surface area (Å²) in [6.45, 7) is 0. The first-order valence-electron chi connectivity index (χ1n) is 6.27. The Bertz CT molecular complexity index is 671. The SMILES string of the molecule is COc1cc(O)c(Cc2c(O)ccc(N)c2OC)cc1N. The lowest BCUT2D eigenvalue weighted by Crippen LogP contribution is -2.00. The Kier molecular flexibility index (Phi) is 3.98. The third-order valence-electron chi connectivity index (χ3n) is 3.27. The molecule has 2 aromatic rings. The van der Waals surface area contributed by atoms with E-state index in [1.807, 2.05) is 0 Å². The maximum Gasteiger partial charge on any atom is 0.148 e. The fourth-order valence-corrected chi connectivity index (χ4v) is 2.19. The van der Waals surface area contributed by atoms with Gasteiger partial charge in [0.2, 0.25) is 0 Å². The Morgan fingerprint density at radius 3 is 2.29 bits per heavy atom. The summed E-state index contributed by atoms with van der Waals surface area (Å²) in [5, 5.41) is 20.0. The minimum Gasteiger partial charge on any atom is -0.508 e. The highest BCUT2D eigenvalue weighted by Gasteiger charge is 2.16. The van der Waals surface area contributed by atoms with Gasteiger partial charge >= 0.3 is 0 Å². The Morgan fingerprint density at radius 2 is 1.67 bits per heavy atom. The van der Waals surface area contributed by atoms with Crippen LogP contribution in [-0.2, 0) is 6.42 Å². The van der Waals surface area contributed by atoms with Crippen molar-refractivity contribution in [2.45, 2.75) is 6.42 Å². The number of rotatable bonds is 4. The molecule has 0 bridgehead atoms. The van der Waals surface area contributed by atoms with Crippen LogP contribution in [0.1, 0.15) is 11.1 Å². The van der Waals surface area contributed by atoms with Crippen molar-refractivity contribution in [3.05, 3.63) is 35.4 Å². The number of ether oxygens (including phenoxy) is 2. The molecule has 112 valence electrons. The molecule has 0 aliphatic rings. The molecule has 6 heteroatoms. The molecule has 6 nitrogen and oxygen atoms in total. The van der Waals surface area contributed by atoms with Gasteiger partial charge in [0.25, 0.3) is 0 Å². The fourth-order valence-electron chi connectivity index (χ4n) is 2.19. The molecule has 0 atom stereocenters. The summed E-state index contributed by atoms with van der Waals surface area (Å²) in [7, 11) is 2.94. The summed E-state index contributed by atoms with van der Waals surface area (Å²) in [5.74, 6) is 0.823. The lowest BCUT2D eigenvalue weighted by atomic mass is 10.0. The first-order valence-corrected chi connectivity index (χ1v) is 6.27. The molecule has 0 fully saturated rings. The van der Waals surface area contributed by atoms with E-state index in [-0.39, 0.29) is 17.9 Å². The van der Waals surface area contributed by atoms with Crippen molar-refractivity contribution in [2.75, 3.05) is 25.7 Å². The second-order valence-electron chi connectivity index (χ2n) is 4.59. The van der Waals surface area contributed by atoms with E-state index in [1.54, 1.807) is 12.1 Å². The van der Waals surface area contributed by atoms with E-state index in [0.29, 0.717) is 34.0 Å². The third-order valence-corrected chi connectivity index (χ3v) is 3.27. The second kappa shape index (κ2) is 5.70. The van der Waals surface area contributed by atoms with E-state index in [2.05, 4.69) is 0 Å². The number of phenolic OH excluding ortho intramolecular Hbond substituents is 2. The lowest BCUT2D eigenvalue weighted by molar-refractivity contribution is 0.401. The number of nitrogen functional groups attached to an aromatic ring is 2. The molecule has 0 heterocycles. The van der Waals surface area contributed by atoms with Crippen LogP contribution < -0.4 is 20.9 Å². The summed E-state index contributed by atoms with van der Waals surface area (Å²) in [6, 6.07) is 6.06. The third kappa shape index (κ3) is 2.74. The number of hydrogen-bond acceptors (Lipinski definition) is 6. The maximum atomic E-state index is 10.0. The van der Waals surface area contributed by atoms with Gasteiger partial charge in [-0.1, -0.05) is 0 Å². The van der Waals surface area contributed by atoms with Gasteiger partial charge < -0.3 is 31.2 Å². The summed E-state index contributed by atoms with van der Waals surface area (Å²) in [4.78, 5) is 0. The normalized spacial score (nSPS) is 10.4. The Hall–Kier alpha value is -2.76. The molecule has 21 heavy (non-hydrogen) atoms. The molecule has 0 saturated carbocycles. The van der Waals surface area contributed by atoms with Crippen molar-refractivity contribution in [1.29, 1.82) is 0 Å². The molecule has 0 aliphatic heterocycles. The summed E-state index contributed by atoms with van der Waals surface area (Å²) in [5.41, 5.74) is 13.5. The van der Waals surface area contributed by atoms with E-state index >= 15 is 0 Å². The average molecular weight is 290 g/mol. The Balaban J connectivity index is 2.48. The van der Waals surface area contributed by atoms with Crippen LogP contribution in [0.2, 0.25) is 0 Å². The highest BCUT2D eigenvalue weighted by Crippen LogP contribution is 2.38. The number of methoxy groups -OCH3 is 2. The smallest absolute Gasteiger partial charge is 0.148 e. The number of phenols is 2. The van der Waals surface area contributed by atoms with Crippen molar-refractivity contribution in [3.63, 3.8) is 0 Å². The van der Waals surface area contributed by atoms with Crippen LogP contribution in [0.25, 0.3) is 0 Å². The number of aromatic hydroxyl groups is 2. The van der Waals surface area contributed by atoms with Crippen molar-refractivity contribution in [1.82, 2.24) is 0 Å². The van der Waals surface area contributed by atoms with E-state index in [0.717, 1.165) is 0 Å². The van der Waals surface area contributed by atoms with Crippen molar-refractivity contribution in [2.24, 2.45) is 0 Å². The molecular formula is C15H18N2O4. The monoisotopic (exact) mass is 290 g/mol. The number of hydrogen-bond donors (Lipinski definition) is 4. The quantitative estimate of drug-likeness (QED) is 0.505. The second-order valence-corrected chi connectivity index (χ2v) is 4.59. The Labute approximate surface area is 122 Å². The molecule has 2 rings (SSSR count). The van der Waals surface area contributed by atoms with Gasteiger partial charge in [0.15, 0.2) is 0 Å². The zero-order valence-corrected chi connectivity index (χ0v) is 11.9. The molecular weight excluding hydrogens is 272 g/mol. The van der Waals surface area contributed by atoms with Crippen molar-refractivity contribution >= 4 is 11.4 Å². The predicted molar refractivity (Wildman–Crippen MR) is 80.9 cm³/mol. The molecule has 0 unspecified atom stereocenters. The van der Waals surface area contributed by atoms with E-state index in [4.69, 9.17) is 20.9 Å². The van der Waals surface area contributed by atoms with Gasteiger partial charge in [-0.15, -0.1) is 0 Å². The van der Waals surface area contributed by atoms with Crippen molar-refractivity contribution in [3.8, 4) is 23.0 Å². The van der Waals surface area contributed by atoms with Crippen LogP contribution >= 0.6 is 0 Å². The first-order chi connectivity index (χ1) is 9.97. The number of anilines is 2. The average Bonchev–Trinajstić information content (AvgIpc) is 2.46. The minimum atomic E-state index is 0.0185. The van der Waals surface area contributed by atoms with Crippen LogP contribution in [-0.4, -0.2) is 24.4 Å². The van der Waals surface area contributed by atoms with Gasteiger partial charge in [0.1, 0.15) is 23.0 Å². The highest BCUT2D eigenvalue weighted by atomic mass is 16.5. The van der Waals surface area contributed by atoms with E-state index < -0.39 is 0 Å². The molecule has 0 aliphatic carbocycles. The van der Waals surface area contributed by atoms with Crippen LogP contribution in [0.5, 0.6) is 23.0 Å². The molecule has 6 N–H and O–H groups in total. The van der Waals surface area contributed by atoms with Gasteiger partial charge in [0.05, 0.1) is 25.6 Å². The summed E-state index contributed by atoms with van der Waals surface area (Å²) in [6.07, 6.45) is 0.222. The standard InChI is InChI=1S/C15H18N2O4/c1-20-14-7-13(19)8(6-11(14)17)5-9-12(18)4-3-10(16)15(9)21-2/h3-4,6-7,18-19H,5,16-17H2,1-2H3. The summed E-state index contributed by atoms with van der Waals surface area (Å²) < 4.78 is 10.3. The van der Waals surface area contributed by atoms with Crippen molar-refractivity contribution < 1.29 is 19.7 Å². The van der Waals surface area contributed by atoms with Crippen LogP contribution in [0.4, 0.5) is 11.4 Å². The predicted octanol–water partition coefficient (Wildman–Crippen LogP) is 1.87. The molecule has 0 amide bonds. The highest BCUT2D eigenvalue weighted by molar-refractivity contribution is 5.65. The van der Waals surface area contributed by atoms with Crippen LogP contribution in [0.3, 0.4) is 0 Å². The zero-order valence-electron chi connectivity index (χ0n) is 11.9. The summed E-state index contributed by atoms with van der Waals surface area (Å²) >= 11 is 0. The topological polar surface area (TPSA) is 111 Å².